The van der Waals surface area contributed by atoms with Crippen molar-refractivity contribution < 1.29 is 4.79 Å². The second kappa shape index (κ2) is 6.09. The number of hydrogen-bond acceptors (Lipinski definition) is 2. The smallest absolute Gasteiger partial charge is 0.251 e. The molecule has 4 nitrogen and oxygen atoms in total. The number of aromatic nitrogens is 1. The first kappa shape index (κ1) is 14.6. The predicted octanol–water partition coefficient (Wildman–Crippen LogP) is 2.48. The van der Waals surface area contributed by atoms with Gasteiger partial charge < -0.3 is 15.2 Å². The van der Waals surface area contributed by atoms with Crippen LogP contribution in [-0.4, -0.2) is 42.5 Å². The number of amides is 1. The number of rotatable bonds is 5. The minimum Gasteiger partial charge on any atom is -0.361 e. The molecule has 1 atom stereocenters. The summed E-state index contributed by atoms with van der Waals surface area (Å²) in [5.41, 5.74) is 1.69. The topological polar surface area (TPSA) is 48.1 Å². The highest BCUT2D eigenvalue weighted by atomic mass is 16.1. The summed E-state index contributed by atoms with van der Waals surface area (Å²) >= 11 is 0. The van der Waals surface area contributed by atoms with Crippen LogP contribution in [0, 0.1) is 5.92 Å². The Kier molecular flexibility index (Phi) is 4.45. The van der Waals surface area contributed by atoms with Crippen molar-refractivity contribution in [3.05, 3.63) is 36.0 Å². The summed E-state index contributed by atoms with van der Waals surface area (Å²) in [5, 5.41) is 4.25. The third-order valence-electron chi connectivity index (χ3n) is 3.50. The Hall–Kier alpha value is -1.81. The molecule has 2 aromatic rings. The number of likely N-dealkylation sites (N-methyl/N-ethyl adjacent to an activating group) is 1. The summed E-state index contributed by atoms with van der Waals surface area (Å²) in [5.74, 6) is 0.387. The lowest BCUT2D eigenvalue weighted by Gasteiger charge is -2.25. The van der Waals surface area contributed by atoms with Crippen molar-refractivity contribution >= 4 is 16.8 Å². The van der Waals surface area contributed by atoms with Gasteiger partial charge >= 0.3 is 0 Å². The number of carbonyl (C=O) groups is 1. The third kappa shape index (κ3) is 3.39. The highest BCUT2D eigenvalue weighted by Crippen LogP contribution is 2.14. The summed E-state index contributed by atoms with van der Waals surface area (Å²) in [6, 6.07) is 7.89. The van der Waals surface area contributed by atoms with Crippen molar-refractivity contribution in [2.24, 2.45) is 5.92 Å². The number of carbonyl (C=O) groups excluding carboxylic acids is 1. The first-order chi connectivity index (χ1) is 9.47. The summed E-state index contributed by atoms with van der Waals surface area (Å²) in [6.45, 7) is 5.10. The standard InChI is InChI=1S/C16H23N3O/c1-11(2)15(10-19(3)4)18-16(20)13-6-5-12-7-8-17-14(12)9-13/h5-9,11,15,17H,10H2,1-4H3,(H,18,20). The molecule has 0 fully saturated rings. The first-order valence-corrected chi connectivity index (χ1v) is 7.00. The zero-order chi connectivity index (χ0) is 14.7. The van der Waals surface area contributed by atoms with Crippen LogP contribution < -0.4 is 5.32 Å². The van der Waals surface area contributed by atoms with Crippen molar-refractivity contribution in [3.8, 4) is 0 Å². The lowest BCUT2D eigenvalue weighted by Crippen LogP contribution is -2.45. The van der Waals surface area contributed by atoms with Gasteiger partial charge in [-0.25, -0.2) is 0 Å². The van der Waals surface area contributed by atoms with Gasteiger partial charge in [0.05, 0.1) is 0 Å². The molecular weight excluding hydrogens is 250 g/mol. The number of H-pyrrole nitrogens is 1. The number of fused-ring (bicyclic) bond motifs is 1. The molecular formula is C16H23N3O. The average Bonchev–Trinajstić information content (AvgIpc) is 2.84. The Bertz CT molecular complexity index is 586. The normalized spacial score (nSPS) is 13.1. The molecule has 1 amide bonds. The van der Waals surface area contributed by atoms with Gasteiger partial charge in [-0.05, 0) is 43.6 Å². The number of nitrogens with zero attached hydrogens (tertiary/aromatic N) is 1. The second-order valence-corrected chi connectivity index (χ2v) is 5.87. The molecule has 20 heavy (non-hydrogen) atoms. The molecule has 2 N–H and O–H groups in total. The molecule has 0 aliphatic rings. The Labute approximate surface area is 120 Å². The van der Waals surface area contributed by atoms with Crippen LogP contribution in [0.5, 0.6) is 0 Å². The molecule has 0 bridgehead atoms. The van der Waals surface area contributed by atoms with Gasteiger partial charge in [-0.15, -0.1) is 0 Å². The zero-order valence-corrected chi connectivity index (χ0v) is 12.6. The van der Waals surface area contributed by atoms with E-state index >= 15 is 0 Å². The first-order valence-electron chi connectivity index (χ1n) is 7.00. The highest BCUT2D eigenvalue weighted by Gasteiger charge is 2.18. The number of aromatic amines is 1. The van der Waals surface area contributed by atoms with Crippen LogP contribution in [0.3, 0.4) is 0 Å². The van der Waals surface area contributed by atoms with E-state index in [9.17, 15) is 4.79 Å². The van der Waals surface area contributed by atoms with E-state index in [2.05, 4.69) is 29.0 Å². The SMILES string of the molecule is CC(C)C(CN(C)C)NC(=O)c1ccc2cc[nH]c2c1. The van der Waals surface area contributed by atoms with Crippen LogP contribution in [0.1, 0.15) is 24.2 Å². The average molecular weight is 273 g/mol. The molecule has 1 heterocycles. The molecule has 2 rings (SSSR count). The molecule has 0 saturated heterocycles. The van der Waals surface area contributed by atoms with E-state index in [4.69, 9.17) is 0 Å². The molecule has 108 valence electrons. The fourth-order valence-electron chi connectivity index (χ4n) is 2.26. The van der Waals surface area contributed by atoms with Crippen molar-refractivity contribution in [3.63, 3.8) is 0 Å². The van der Waals surface area contributed by atoms with E-state index in [1.54, 1.807) is 0 Å². The molecule has 0 aliphatic carbocycles. The monoisotopic (exact) mass is 273 g/mol. The van der Waals surface area contributed by atoms with Crippen LogP contribution >= 0.6 is 0 Å². The largest absolute Gasteiger partial charge is 0.361 e. The molecule has 0 spiro atoms. The molecule has 0 aliphatic heterocycles. The van der Waals surface area contributed by atoms with E-state index in [0.29, 0.717) is 11.5 Å². The van der Waals surface area contributed by atoms with Crippen LogP contribution in [0.2, 0.25) is 0 Å². The van der Waals surface area contributed by atoms with Gasteiger partial charge in [0.25, 0.3) is 5.91 Å². The summed E-state index contributed by atoms with van der Waals surface area (Å²) < 4.78 is 0. The van der Waals surface area contributed by atoms with E-state index in [1.165, 1.54) is 0 Å². The van der Waals surface area contributed by atoms with E-state index in [-0.39, 0.29) is 11.9 Å². The van der Waals surface area contributed by atoms with E-state index < -0.39 is 0 Å². The van der Waals surface area contributed by atoms with Crippen LogP contribution in [0.25, 0.3) is 10.9 Å². The van der Waals surface area contributed by atoms with Crippen LogP contribution in [0.15, 0.2) is 30.5 Å². The second-order valence-electron chi connectivity index (χ2n) is 5.87. The summed E-state index contributed by atoms with van der Waals surface area (Å²) in [6.07, 6.45) is 1.88. The Morgan fingerprint density at radius 3 is 2.70 bits per heavy atom. The lowest BCUT2D eigenvalue weighted by molar-refractivity contribution is 0.0917. The van der Waals surface area contributed by atoms with Gasteiger partial charge in [-0.1, -0.05) is 19.9 Å². The number of nitrogens with one attached hydrogen (secondary N) is 2. The van der Waals surface area contributed by atoms with Crippen molar-refractivity contribution in [1.82, 2.24) is 15.2 Å². The molecule has 4 heteroatoms. The Morgan fingerprint density at radius 2 is 2.05 bits per heavy atom. The fraction of sp³-hybridized carbons (Fsp3) is 0.438. The summed E-state index contributed by atoms with van der Waals surface area (Å²) in [7, 11) is 4.04. The summed E-state index contributed by atoms with van der Waals surface area (Å²) in [4.78, 5) is 17.6. The van der Waals surface area contributed by atoms with E-state index in [1.807, 2.05) is 44.6 Å². The van der Waals surface area contributed by atoms with Crippen molar-refractivity contribution in [1.29, 1.82) is 0 Å². The Morgan fingerprint density at radius 1 is 1.30 bits per heavy atom. The quantitative estimate of drug-likeness (QED) is 0.879. The Balaban J connectivity index is 2.13. The van der Waals surface area contributed by atoms with Crippen molar-refractivity contribution in [2.75, 3.05) is 20.6 Å². The number of benzene rings is 1. The van der Waals surface area contributed by atoms with Gasteiger partial charge in [-0.2, -0.15) is 0 Å². The highest BCUT2D eigenvalue weighted by molar-refractivity contribution is 5.98. The zero-order valence-electron chi connectivity index (χ0n) is 12.6. The van der Waals surface area contributed by atoms with Crippen LogP contribution in [0.4, 0.5) is 0 Å². The molecule has 0 saturated carbocycles. The molecule has 1 aromatic heterocycles. The molecule has 0 radical (unpaired) electrons. The maximum atomic E-state index is 12.4. The van der Waals surface area contributed by atoms with Crippen molar-refractivity contribution in [2.45, 2.75) is 19.9 Å². The minimum atomic E-state index is -0.0120. The number of hydrogen-bond donors (Lipinski definition) is 2. The van der Waals surface area contributed by atoms with Gasteiger partial charge in [0.2, 0.25) is 0 Å². The maximum Gasteiger partial charge on any atom is 0.251 e. The maximum absolute atomic E-state index is 12.4. The fourth-order valence-corrected chi connectivity index (χ4v) is 2.26. The predicted molar refractivity (Wildman–Crippen MR) is 82.9 cm³/mol. The van der Waals surface area contributed by atoms with E-state index in [0.717, 1.165) is 17.4 Å². The minimum absolute atomic E-state index is 0.0120. The van der Waals surface area contributed by atoms with Gasteiger partial charge in [0, 0.05) is 29.9 Å². The van der Waals surface area contributed by atoms with Gasteiger partial charge in [-0.3, -0.25) is 4.79 Å². The lowest BCUT2D eigenvalue weighted by atomic mass is 10.0. The van der Waals surface area contributed by atoms with Gasteiger partial charge in [0.1, 0.15) is 0 Å². The molecule has 1 aromatic carbocycles. The van der Waals surface area contributed by atoms with Crippen LogP contribution in [-0.2, 0) is 0 Å². The third-order valence-corrected chi connectivity index (χ3v) is 3.50. The molecule has 1 unspecified atom stereocenters. The van der Waals surface area contributed by atoms with Gasteiger partial charge in [0.15, 0.2) is 0 Å².